The van der Waals surface area contributed by atoms with Crippen molar-refractivity contribution in [3.05, 3.63) is 72.2 Å². The fourth-order valence-electron chi connectivity index (χ4n) is 2.64. The topological polar surface area (TPSA) is 88.9 Å². The summed E-state index contributed by atoms with van der Waals surface area (Å²) in [5.41, 5.74) is 1.67. The molecule has 28 heavy (non-hydrogen) atoms. The minimum Gasteiger partial charge on any atom is -0.347 e. The Labute approximate surface area is 160 Å². The van der Waals surface area contributed by atoms with E-state index in [-0.39, 0.29) is 35.8 Å². The summed E-state index contributed by atoms with van der Waals surface area (Å²) in [7, 11) is 0. The van der Waals surface area contributed by atoms with Crippen molar-refractivity contribution in [1.29, 1.82) is 0 Å². The third-order valence-corrected chi connectivity index (χ3v) is 4.41. The van der Waals surface area contributed by atoms with Crippen molar-refractivity contribution in [1.82, 2.24) is 19.9 Å². The van der Waals surface area contributed by atoms with Crippen molar-refractivity contribution >= 4 is 17.5 Å². The quantitative estimate of drug-likeness (QED) is 0.689. The highest BCUT2D eigenvalue weighted by molar-refractivity contribution is 5.94. The van der Waals surface area contributed by atoms with Gasteiger partial charge in [0.25, 0.3) is 5.91 Å². The lowest BCUT2D eigenvalue weighted by atomic mass is 10.2. The van der Waals surface area contributed by atoms with Gasteiger partial charge in [-0.3, -0.25) is 14.2 Å². The van der Waals surface area contributed by atoms with Crippen molar-refractivity contribution in [2.45, 2.75) is 19.4 Å². The van der Waals surface area contributed by atoms with E-state index < -0.39 is 0 Å². The average molecular weight is 379 g/mol. The number of nitrogens with zero attached hydrogens (tertiary/aromatic N) is 3. The Morgan fingerprint density at radius 3 is 2.57 bits per heavy atom. The van der Waals surface area contributed by atoms with Crippen LogP contribution in [0.4, 0.5) is 10.1 Å². The predicted octanol–water partition coefficient (Wildman–Crippen LogP) is 2.68. The van der Waals surface area contributed by atoms with Crippen LogP contribution in [0.3, 0.4) is 0 Å². The second-order valence-electron chi connectivity index (χ2n) is 6.64. The number of nitrogens with one attached hydrogen (secondary N) is 2. The van der Waals surface area contributed by atoms with Crippen LogP contribution in [0, 0.1) is 11.7 Å². The first kappa shape index (κ1) is 17.8. The number of benzene rings is 1. The van der Waals surface area contributed by atoms with E-state index in [1.54, 1.807) is 41.2 Å². The van der Waals surface area contributed by atoms with E-state index in [1.807, 2.05) is 0 Å². The number of imidazole rings is 1. The number of halogens is 1. The molecule has 2 amide bonds. The van der Waals surface area contributed by atoms with E-state index in [4.69, 9.17) is 0 Å². The molecule has 2 N–H and O–H groups in total. The number of hydrogen-bond donors (Lipinski definition) is 2. The molecule has 1 fully saturated rings. The standard InChI is InChI=1S/C20H18FN5O2/c21-15-5-1-13(2-6-15)9-23-20(28)17-11-26(12-24-17)18-8-7-16(10-22-18)25-19(27)14-3-4-14/h1-2,5-8,10-12,14H,3-4,9H2,(H,23,28)(H,25,27). The fourth-order valence-corrected chi connectivity index (χ4v) is 2.64. The Hall–Kier alpha value is -3.55. The van der Waals surface area contributed by atoms with Crippen molar-refractivity contribution in [2.75, 3.05) is 5.32 Å². The SMILES string of the molecule is O=C(NCc1ccc(F)cc1)c1cn(-c2ccc(NC(=O)C3CC3)cn2)cn1. The van der Waals surface area contributed by atoms with Gasteiger partial charge >= 0.3 is 0 Å². The zero-order valence-electron chi connectivity index (χ0n) is 14.9. The monoisotopic (exact) mass is 379 g/mol. The smallest absolute Gasteiger partial charge is 0.271 e. The number of hydrogen-bond acceptors (Lipinski definition) is 4. The maximum atomic E-state index is 12.9. The summed E-state index contributed by atoms with van der Waals surface area (Å²) in [4.78, 5) is 32.4. The lowest BCUT2D eigenvalue weighted by Gasteiger charge is -2.05. The molecule has 4 rings (SSSR count). The fraction of sp³-hybridized carbons (Fsp3) is 0.200. The van der Waals surface area contributed by atoms with E-state index in [1.165, 1.54) is 18.5 Å². The van der Waals surface area contributed by atoms with Gasteiger partial charge in [-0.15, -0.1) is 0 Å². The van der Waals surface area contributed by atoms with Crippen LogP contribution in [-0.4, -0.2) is 26.3 Å². The van der Waals surface area contributed by atoms with Crippen molar-refractivity contribution in [2.24, 2.45) is 5.92 Å². The molecule has 0 radical (unpaired) electrons. The number of aromatic nitrogens is 3. The number of pyridine rings is 1. The molecule has 0 unspecified atom stereocenters. The van der Waals surface area contributed by atoms with Crippen molar-refractivity contribution < 1.29 is 14.0 Å². The van der Waals surface area contributed by atoms with E-state index in [0.717, 1.165) is 18.4 Å². The van der Waals surface area contributed by atoms with Crippen LogP contribution in [0.15, 0.2) is 55.1 Å². The average Bonchev–Trinajstić information content (AvgIpc) is 3.45. The molecule has 1 aliphatic carbocycles. The van der Waals surface area contributed by atoms with Crippen LogP contribution in [0.25, 0.3) is 5.82 Å². The Morgan fingerprint density at radius 1 is 1.11 bits per heavy atom. The predicted molar refractivity (Wildman–Crippen MR) is 100 cm³/mol. The second-order valence-corrected chi connectivity index (χ2v) is 6.64. The van der Waals surface area contributed by atoms with Crippen LogP contribution in [0.5, 0.6) is 0 Å². The number of carbonyl (C=O) groups excluding carboxylic acids is 2. The number of amides is 2. The Bertz CT molecular complexity index is 994. The lowest BCUT2D eigenvalue weighted by Crippen LogP contribution is -2.23. The minimum atomic E-state index is -0.337. The van der Waals surface area contributed by atoms with E-state index in [0.29, 0.717) is 11.5 Å². The molecule has 0 atom stereocenters. The zero-order chi connectivity index (χ0) is 19.5. The van der Waals surface area contributed by atoms with Gasteiger partial charge in [0, 0.05) is 18.7 Å². The molecule has 0 aliphatic heterocycles. The lowest BCUT2D eigenvalue weighted by molar-refractivity contribution is -0.117. The Kier molecular flexibility index (Phi) is 4.84. The highest BCUT2D eigenvalue weighted by atomic mass is 19.1. The maximum absolute atomic E-state index is 12.9. The highest BCUT2D eigenvalue weighted by Gasteiger charge is 2.29. The summed E-state index contributed by atoms with van der Waals surface area (Å²) in [5.74, 6) is 0.0759. The normalized spacial score (nSPS) is 13.2. The van der Waals surface area contributed by atoms with Crippen LogP contribution in [0.2, 0.25) is 0 Å². The molecular weight excluding hydrogens is 361 g/mol. The summed E-state index contributed by atoms with van der Waals surface area (Å²) in [6.07, 6.45) is 6.53. The first-order valence-corrected chi connectivity index (χ1v) is 8.92. The molecule has 3 aromatic rings. The van der Waals surface area contributed by atoms with Gasteiger partial charge in [-0.2, -0.15) is 0 Å². The first-order chi connectivity index (χ1) is 13.6. The van der Waals surface area contributed by atoms with Gasteiger partial charge in [0.05, 0.1) is 11.9 Å². The van der Waals surface area contributed by atoms with E-state index >= 15 is 0 Å². The molecular formula is C20H18FN5O2. The largest absolute Gasteiger partial charge is 0.347 e. The van der Waals surface area contributed by atoms with Crippen LogP contribution in [-0.2, 0) is 11.3 Å². The summed E-state index contributed by atoms with van der Waals surface area (Å²) in [6.45, 7) is 0.277. The Morgan fingerprint density at radius 2 is 1.89 bits per heavy atom. The molecule has 8 heteroatoms. The Balaban J connectivity index is 1.37. The van der Waals surface area contributed by atoms with Gasteiger partial charge in [0.1, 0.15) is 23.7 Å². The molecule has 1 aromatic carbocycles. The molecule has 2 heterocycles. The highest BCUT2D eigenvalue weighted by Crippen LogP contribution is 2.30. The van der Waals surface area contributed by atoms with Crippen molar-refractivity contribution in [3.8, 4) is 5.82 Å². The number of carbonyl (C=O) groups is 2. The number of rotatable bonds is 6. The molecule has 1 saturated carbocycles. The van der Waals surface area contributed by atoms with Gasteiger partial charge in [0.15, 0.2) is 0 Å². The van der Waals surface area contributed by atoms with E-state index in [9.17, 15) is 14.0 Å². The summed E-state index contributed by atoms with van der Waals surface area (Å²) in [6, 6.07) is 9.42. The molecule has 2 aromatic heterocycles. The zero-order valence-corrected chi connectivity index (χ0v) is 14.9. The van der Waals surface area contributed by atoms with Crippen molar-refractivity contribution in [3.63, 3.8) is 0 Å². The molecule has 0 saturated heterocycles. The van der Waals surface area contributed by atoms with Crippen LogP contribution >= 0.6 is 0 Å². The maximum Gasteiger partial charge on any atom is 0.271 e. The molecule has 1 aliphatic rings. The molecule has 7 nitrogen and oxygen atoms in total. The van der Waals surface area contributed by atoms with E-state index in [2.05, 4.69) is 20.6 Å². The molecule has 142 valence electrons. The molecule has 0 bridgehead atoms. The first-order valence-electron chi connectivity index (χ1n) is 8.92. The summed E-state index contributed by atoms with van der Waals surface area (Å²) in [5, 5.41) is 5.57. The summed E-state index contributed by atoms with van der Waals surface area (Å²) >= 11 is 0. The third-order valence-electron chi connectivity index (χ3n) is 4.41. The van der Waals surface area contributed by atoms with Gasteiger partial charge in [0.2, 0.25) is 5.91 Å². The van der Waals surface area contributed by atoms with Gasteiger partial charge in [-0.05, 0) is 42.7 Å². The van der Waals surface area contributed by atoms with Crippen LogP contribution in [0.1, 0.15) is 28.9 Å². The van der Waals surface area contributed by atoms with Gasteiger partial charge in [-0.25, -0.2) is 14.4 Å². The summed E-state index contributed by atoms with van der Waals surface area (Å²) < 4.78 is 14.5. The molecule has 0 spiro atoms. The van der Waals surface area contributed by atoms with Gasteiger partial charge in [-0.1, -0.05) is 12.1 Å². The second kappa shape index (κ2) is 7.59. The minimum absolute atomic E-state index is 0.0253. The van der Waals surface area contributed by atoms with Crippen LogP contribution < -0.4 is 10.6 Å². The third kappa shape index (κ3) is 4.22. The van der Waals surface area contributed by atoms with Gasteiger partial charge < -0.3 is 10.6 Å². The number of anilines is 1.